The van der Waals surface area contributed by atoms with Crippen LogP contribution in [0, 0.1) is 0 Å². The lowest BCUT2D eigenvalue weighted by atomic mass is 10.1. The average Bonchev–Trinajstić information content (AvgIpc) is 2.65. The Bertz CT molecular complexity index is 330. The zero-order valence-electron chi connectivity index (χ0n) is 9.60. The van der Waals surface area contributed by atoms with E-state index in [4.69, 9.17) is 5.73 Å². The fraction of sp³-hybridized carbons (Fsp3) is 0.636. The number of carbonyl (C=O) groups is 1. The van der Waals surface area contributed by atoms with Crippen LogP contribution in [0.25, 0.3) is 0 Å². The second-order valence-corrected chi connectivity index (χ2v) is 4.04. The van der Waals surface area contributed by atoms with Crippen molar-refractivity contribution in [2.75, 3.05) is 0 Å². The summed E-state index contributed by atoms with van der Waals surface area (Å²) in [6, 6.07) is 1.85. The lowest BCUT2D eigenvalue weighted by Gasteiger charge is -2.06. The highest BCUT2D eigenvalue weighted by molar-refractivity contribution is 5.85. The second kappa shape index (κ2) is 5.07. The average molecular weight is 209 g/mol. The Morgan fingerprint density at radius 1 is 1.60 bits per heavy atom. The topological polar surface area (TPSA) is 60.9 Å². The third-order valence-corrected chi connectivity index (χ3v) is 2.40. The number of rotatable bonds is 5. The van der Waals surface area contributed by atoms with Crippen LogP contribution in [-0.4, -0.2) is 21.6 Å². The molecule has 0 bridgehead atoms. The molecule has 2 N–H and O–H groups in total. The highest BCUT2D eigenvalue weighted by Gasteiger charge is 2.13. The van der Waals surface area contributed by atoms with Crippen LogP contribution in [0.4, 0.5) is 0 Å². The Labute approximate surface area is 90.5 Å². The summed E-state index contributed by atoms with van der Waals surface area (Å²) < 4.78 is 1.85. The van der Waals surface area contributed by atoms with E-state index in [9.17, 15) is 4.79 Å². The molecule has 15 heavy (non-hydrogen) atoms. The fourth-order valence-corrected chi connectivity index (χ4v) is 1.30. The smallest absolute Gasteiger partial charge is 0.155 e. The van der Waals surface area contributed by atoms with E-state index in [1.807, 2.05) is 23.9 Å². The predicted molar refractivity (Wildman–Crippen MR) is 59.6 cm³/mol. The fourth-order valence-electron chi connectivity index (χ4n) is 1.30. The molecule has 0 spiro atoms. The molecule has 1 heterocycles. The van der Waals surface area contributed by atoms with Crippen LogP contribution >= 0.6 is 0 Å². The molecular weight excluding hydrogens is 190 g/mol. The number of nitrogens with two attached hydrogens (primary N) is 1. The molecule has 0 radical (unpaired) electrons. The van der Waals surface area contributed by atoms with Gasteiger partial charge < -0.3 is 5.73 Å². The van der Waals surface area contributed by atoms with Gasteiger partial charge in [0.1, 0.15) is 0 Å². The molecule has 1 unspecified atom stereocenters. The highest BCUT2D eigenvalue weighted by Crippen LogP contribution is 2.06. The lowest BCUT2D eigenvalue weighted by molar-refractivity contribution is -0.119. The summed E-state index contributed by atoms with van der Waals surface area (Å²) >= 11 is 0. The van der Waals surface area contributed by atoms with E-state index in [-0.39, 0.29) is 11.8 Å². The second-order valence-electron chi connectivity index (χ2n) is 4.04. The molecule has 4 heteroatoms. The monoisotopic (exact) mass is 209 g/mol. The molecular formula is C11H19N3O. The molecule has 0 saturated heterocycles. The van der Waals surface area contributed by atoms with Crippen LogP contribution in [0.1, 0.15) is 38.9 Å². The van der Waals surface area contributed by atoms with Gasteiger partial charge in [0.15, 0.2) is 5.78 Å². The molecule has 0 amide bonds. The SMILES string of the molecule is CCC(N)C(=O)Cc1ccn(C(C)C)n1. The van der Waals surface area contributed by atoms with E-state index >= 15 is 0 Å². The Balaban J connectivity index is 2.61. The van der Waals surface area contributed by atoms with Gasteiger partial charge in [-0.15, -0.1) is 0 Å². The molecule has 4 nitrogen and oxygen atoms in total. The van der Waals surface area contributed by atoms with Gasteiger partial charge in [-0.3, -0.25) is 9.48 Å². The van der Waals surface area contributed by atoms with Crippen molar-refractivity contribution in [2.45, 2.75) is 45.7 Å². The summed E-state index contributed by atoms with van der Waals surface area (Å²) in [5, 5.41) is 4.31. The molecule has 0 saturated carbocycles. The standard InChI is InChI=1S/C11H19N3O/c1-4-10(12)11(15)7-9-5-6-14(13-9)8(2)3/h5-6,8,10H,4,7,12H2,1-3H3. The van der Waals surface area contributed by atoms with Crippen molar-refractivity contribution >= 4 is 5.78 Å². The van der Waals surface area contributed by atoms with Gasteiger partial charge in [-0.25, -0.2) is 0 Å². The molecule has 84 valence electrons. The quantitative estimate of drug-likeness (QED) is 0.795. The third kappa shape index (κ3) is 3.16. The summed E-state index contributed by atoms with van der Waals surface area (Å²) in [5.74, 6) is 0.0616. The van der Waals surface area contributed by atoms with Gasteiger partial charge in [-0.2, -0.15) is 5.10 Å². The predicted octanol–water partition coefficient (Wildman–Crippen LogP) is 1.31. The van der Waals surface area contributed by atoms with Crippen molar-refractivity contribution in [3.05, 3.63) is 18.0 Å². The van der Waals surface area contributed by atoms with Gasteiger partial charge in [0.05, 0.1) is 18.2 Å². The zero-order chi connectivity index (χ0) is 11.4. The maximum Gasteiger partial charge on any atom is 0.155 e. The third-order valence-electron chi connectivity index (χ3n) is 2.40. The first-order valence-electron chi connectivity index (χ1n) is 5.37. The maximum atomic E-state index is 11.5. The number of hydrogen-bond acceptors (Lipinski definition) is 3. The Hall–Kier alpha value is -1.16. The Morgan fingerprint density at radius 3 is 2.73 bits per heavy atom. The van der Waals surface area contributed by atoms with Crippen LogP contribution in [-0.2, 0) is 11.2 Å². The number of aromatic nitrogens is 2. The van der Waals surface area contributed by atoms with Crippen molar-refractivity contribution in [1.29, 1.82) is 0 Å². The van der Waals surface area contributed by atoms with Gasteiger partial charge in [0.25, 0.3) is 0 Å². The van der Waals surface area contributed by atoms with Gasteiger partial charge >= 0.3 is 0 Å². The first kappa shape index (κ1) is 11.9. The number of nitrogens with zero attached hydrogens (tertiary/aromatic N) is 2. The Kier molecular flexibility index (Phi) is 4.03. The van der Waals surface area contributed by atoms with E-state index in [1.165, 1.54) is 0 Å². The van der Waals surface area contributed by atoms with Gasteiger partial charge in [-0.05, 0) is 26.3 Å². The van der Waals surface area contributed by atoms with Crippen molar-refractivity contribution < 1.29 is 4.79 Å². The molecule has 0 aliphatic rings. The van der Waals surface area contributed by atoms with Crippen molar-refractivity contribution in [3.8, 4) is 0 Å². The molecule has 0 fully saturated rings. The minimum atomic E-state index is -0.353. The van der Waals surface area contributed by atoms with E-state index in [0.29, 0.717) is 18.9 Å². The molecule has 0 aliphatic carbocycles. The normalized spacial score (nSPS) is 13.1. The first-order valence-corrected chi connectivity index (χ1v) is 5.37. The van der Waals surface area contributed by atoms with E-state index in [0.717, 1.165) is 5.69 Å². The minimum absolute atomic E-state index is 0.0616. The van der Waals surface area contributed by atoms with Crippen LogP contribution in [0.2, 0.25) is 0 Å². The van der Waals surface area contributed by atoms with Crippen molar-refractivity contribution in [1.82, 2.24) is 9.78 Å². The molecule has 0 aliphatic heterocycles. The van der Waals surface area contributed by atoms with Crippen LogP contribution in [0.5, 0.6) is 0 Å². The minimum Gasteiger partial charge on any atom is -0.322 e. The first-order chi connectivity index (χ1) is 7.04. The summed E-state index contributed by atoms with van der Waals surface area (Å²) in [7, 11) is 0. The van der Waals surface area contributed by atoms with Crippen LogP contribution in [0.15, 0.2) is 12.3 Å². The van der Waals surface area contributed by atoms with Crippen LogP contribution in [0.3, 0.4) is 0 Å². The van der Waals surface area contributed by atoms with Crippen molar-refractivity contribution in [3.63, 3.8) is 0 Å². The summed E-state index contributed by atoms with van der Waals surface area (Å²) in [5.41, 5.74) is 6.45. The van der Waals surface area contributed by atoms with Gasteiger partial charge in [0.2, 0.25) is 0 Å². The van der Waals surface area contributed by atoms with E-state index in [1.54, 1.807) is 0 Å². The number of Topliss-reactive ketones (excluding diaryl/α,β-unsaturated/α-hetero) is 1. The molecule has 0 aromatic carbocycles. The molecule has 1 rings (SSSR count). The molecule has 1 atom stereocenters. The number of hydrogen-bond donors (Lipinski definition) is 1. The Morgan fingerprint density at radius 2 is 2.27 bits per heavy atom. The lowest BCUT2D eigenvalue weighted by Crippen LogP contribution is -2.31. The van der Waals surface area contributed by atoms with E-state index in [2.05, 4.69) is 18.9 Å². The number of carbonyl (C=O) groups excluding carboxylic acids is 1. The van der Waals surface area contributed by atoms with Crippen molar-refractivity contribution in [2.24, 2.45) is 5.73 Å². The van der Waals surface area contributed by atoms with E-state index < -0.39 is 0 Å². The van der Waals surface area contributed by atoms with Gasteiger partial charge in [-0.1, -0.05) is 6.92 Å². The maximum absolute atomic E-state index is 11.5. The molecule has 1 aromatic rings. The largest absolute Gasteiger partial charge is 0.322 e. The summed E-state index contributed by atoms with van der Waals surface area (Å²) in [6.07, 6.45) is 2.92. The number of ketones is 1. The zero-order valence-corrected chi connectivity index (χ0v) is 9.60. The summed E-state index contributed by atoms with van der Waals surface area (Å²) in [4.78, 5) is 11.5. The van der Waals surface area contributed by atoms with Gasteiger partial charge in [0, 0.05) is 12.2 Å². The molecule has 1 aromatic heterocycles. The van der Waals surface area contributed by atoms with Crippen LogP contribution < -0.4 is 5.73 Å². The summed E-state index contributed by atoms with van der Waals surface area (Å²) in [6.45, 7) is 6.02. The highest BCUT2D eigenvalue weighted by atomic mass is 16.1.